The summed E-state index contributed by atoms with van der Waals surface area (Å²) in [4.78, 5) is 0. The smallest absolute Gasteiger partial charge is 0.167 e. The van der Waals surface area contributed by atoms with Crippen LogP contribution in [0.3, 0.4) is 0 Å². The molecular weight excluding hydrogens is 234 g/mol. The molecule has 0 radical (unpaired) electrons. The maximum atomic E-state index is 8.79. The van der Waals surface area contributed by atoms with Crippen molar-refractivity contribution in [2.24, 2.45) is 0 Å². The quantitative estimate of drug-likeness (QED) is 0.651. The molecule has 0 aromatic heterocycles. The largest absolute Gasteiger partial charge is 0.378 e. The van der Waals surface area contributed by atoms with Crippen molar-refractivity contribution < 1.29 is 18.9 Å². The van der Waals surface area contributed by atoms with Gasteiger partial charge in [-0.15, -0.1) is 0 Å². The second-order valence-corrected chi connectivity index (χ2v) is 5.14. The standard InChI is InChI=1S/C13H23NO4/c1-5-16-11(8-14)9-15-7-6-13(4)10-17-12(2,3)18-13/h11H,5-7,9-10H2,1-4H3. The summed E-state index contributed by atoms with van der Waals surface area (Å²) in [6, 6.07) is 2.05. The van der Waals surface area contributed by atoms with Gasteiger partial charge in [0.25, 0.3) is 0 Å². The third-order valence-electron chi connectivity index (χ3n) is 2.77. The molecule has 5 nitrogen and oxygen atoms in total. The molecular formula is C13H23NO4. The van der Waals surface area contributed by atoms with E-state index in [9.17, 15) is 0 Å². The Morgan fingerprint density at radius 1 is 1.39 bits per heavy atom. The highest BCUT2D eigenvalue weighted by Crippen LogP contribution is 2.32. The SMILES string of the molecule is CCOC(C#N)COCCC1(C)COC(C)(C)O1. The fourth-order valence-corrected chi connectivity index (χ4v) is 1.90. The maximum absolute atomic E-state index is 8.79. The van der Waals surface area contributed by atoms with Gasteiger partial charge >= 0.3 is 0 Å². The van der Waals surface area contributed by atoms with Crippen molar-refractivity contribution in [1.82, 2.24) is 0 Å². The van der Waals surface area contributed by atoms with Gasteiger partial charge in [0.2, 0.25) is 0 Å². The van der Waals surface area contributed by atoms with Crippen LogP contribution >= 0.6 is 0 Å². The van der Waals surface area contributed by atoms with Crippen LogP contribution in [0.15, 0.2) is 0 Å². The molecule has 0 aromatic carbocycles. The van der Waals surface area contributed by atoms with Gasteiger partial charge in [-0.1, -0.05) is 0 Å². The van der Waals surface area contributed by atoms with Gasteiger partial charge in [0, 0.05) is 19.6 Å². The fourth-order valence-electron chi connectivity index (χ4n) is 1.90. The monoisotopic (exact) mass is 257 g/mol. The van der Waals surface area contributed by atoms with E-state index >= 15 is 0 Å². The summed E-state index contributed by atoms with van der Waals surface area (Å²) in [6.07, 6.45) is 0.251. The Kier molecular flexibility index (Phi) is 5.54. The molecule has 1 saturated heterocycles. The van der Waals surface area contributed by atoms with Crippen LogP contribution in [0.4, 0.5) is 0 Å². The van der Waals surface area contributed by atoms with Gasteiger partial charge in [0.15, 0.2) is 11.9 Å². The molecule has 104 valence electrons. The molecule has 5 heteroatoms. The Balaban J connectivity index is 2.20. The zero-order valence-corrected chi connectivity index (χ0v) is 11.7. The van der Waals surface area contributed by atoms with E-state index in [4.69, 9.17) is 24.2 Å². The highest BCUT2D eigenvalue weighted by atomic mass is 16.8. The molecule has 1 fully saturated rings. The van der Waals surface area contributed by atoms with Gasteiger partial charge in [-0.25, -0.2) is 0 Å². The van der Waals surface area contributed by atoms with Crippen LogP contribution in [-0.2, 0) is 18.9 Å². The van der Waals surface area contributed by atoms with Crippen molar-refractivity contribution in [3.05, 3.63) is 0 Å². The lowest BCUT2D eigenvalue weighted by Gasteiger charge is -2.25. The van der Waals surface area contributed by atoms with Gasteiger partial charge < -0.3 is 18.9 Å². The molecule has 0 amide bonds. The third-order valence-corrected chi connectivity index (χ3v) is 2.77. The van der Waals surface area contributed by atoms with Crippen molar-refractivity contribution >= 4 is 0 Å². The van der Waals surface area contributed by atoms with E-state index in [1.54, 1.807) is 0 Å². The van der Waals surface area contributed by atoms with Gasteiger partial charge in [-0.3, -0.25) is 0 Å². The normalized spacial score (nSPS) is 27.9. The van der Waals surface area contributed by atoms with E-state index in [-0.39, 0.29) is 5.60 Å². The molecule has 0 aliphatic carbocycles. The van der Waals surface area contributed by atoms with Gasteiger partial charge in [-0.2, -0.15) is 5.26 Å². The molecule has 2 unspecified atom stereocenters. The molecule has 0 aromatic rings. The number of nitriles is 1. The average Bonchev–Trinajstić information content (AvgIpc) is 2.58. The van der Waals surface area contributed by atoms with Crippen LogP contribution < -0.4 is 0 Å². The summed E-state index contributed by atoms with van der Waals surface area (Å²) in [7, 11) is 0. The zero-order chi connectivity index (χ0) is 13.6. The molecule has 0 bridgehead atoms. The molecule has 2 atom stereocenters. The Labute approximate surface area is 109 Å². The molecule has 0 N–H and O–H groups in total. The molecule has 1 heterocycles. The van der Waals surface area contributed by atoms with Gasteiger partial charge in [0.1, 0.15) is 0 Å². The van der Waals surface area contributed by atoms with E-state index < -0.39 is 11.9 Å². The van der Waals surface area contributed by atoms with Crippen LogP contribution in [0.25, 0.3) is 0 Å². The van der Waals surface area contributed by atoms with E-state index in [0.29, 0.717) is 26.4 Å². The minimum absolute atomic E-state index is 0.296. The average molecular weight is 257 g/mol. The molecule has 18 heavy (non-hydrogen) atoms. The molecule has 1 aliphatic heterocycles. The lowest BCUT2D eigenvalue weighted by Crippen LogP contribution is -2.32. The summed E-state index contributed by atoms with van der Waals surface area (Å²) in [6.45, 7) is 9.58. The summed E-state index contributed by atoms with van der Waals surface area (Å²) < 4.78 is 22.0. The van der Waals surface area contributed by atoms with Crippen LogP contribution in [0, 0.1) is 11.3 Å². The Morgan fingerprint density at radius 2 is 2.11 bits per heavy atom. The molecule has 0 saturated carbocycles. The van der Waals surface area contributed by atoms with Crippen LogP contribution in [0.2, 0.25) is 0 Å². The van der Waals surface area contributed by atoms with Crippen LogP contribution in [0.5, 0.6) is 0 Å². The number of hydrogen-bond acceptors (Lipinski definition) is 5. The third kappa shape index (κ3) is 4.91. The summed E-state index contributed by atoms with van der Waals surface area (Å²) in [5.41, 5.74) is -0.308. The van der Waals surface area contributed by atoms with Gasteiger partial charge in [0.05, 0.1) is 24.9 Å². The fraction of sp³-hybridized carbons (Fsp3) is 0.923. The Hall–Kier alpha value is -0.670. The minimum atomic E-state index is -0.519. The van der Waals surface area contributed by atoms with Crippen LogP contribution in [0.1, 0.15) is 34.1 Å². The second kappa shape index (κ2) is 6.48. The van der Waals surface area contributed by atoms with Crippen molar-refractivity contribution in [2.45, 2.75) is 51.6 Å². The Bertz CT molecular complexity index is 300. The molecule has 1 aliphatic rings. The summed E-state index contributed by atoms with van der Waals surface area (Å²) in [5, 5.41) is 8.79. The predicted octanol–water partition coefficient (Wildman–Crippen LogP) is 1.86. The van der Waals surface area contributed by atoms with E-state index in [2.05, 4.69) is 6.07 Å². The number of nitrogens with zero attached hydrogens (tertiary/aromatic N) is 1. The van der Waals surface area contributed by atoms with E-state index in [1.807, 2.05) is 27.7 Å². The topological polar surface area (TPSA) is 60.7 Å². The molecule has 1 rings (SSSR count). The van der Waals surface area contributed by atoms with E-state index in [1.165, 1.54) is 0 Å². The number of hydrogen-bond donors (Lipinski definition) is 0. The Morgan fingerprint density at radius 3 is 2.61 bits per heavy atom. The lowest BCUT2D eigenvalue weighted by molar-refractivity contribution is -0.161. The highest BCUT2D eigenvalue weighted by Gasteiger charge is 2.41. The number of rotatable bonds is 7. The molecule has 0 spiro atoms. The first-order valence-corrected chi connectivity index (χ1v) is 6.34. The van der Waals surface area contributed by atoms with Crippen molar-refractivity contribution in [2.75, 3.05) is 26.4 Å². The zero-order valence-electron chi connectivity index (χ0n) is 11.7. The summed E-state index contributed by atoms with van der Waals surface area (Å²) >= 11 is 0. The van der Waals surface area contributed by atoms with Gasteiger partial charge in [-0.05, 0) is 27.7 Å². The van der Waals surface area contributed by atoms with Crippen molar-refractivity contribution in [3.63, 3.8) is 0 Å². The summed E-state index contributed by atoms with van der Waals surface area (Å²) in [5.74, 6) is -0.519. The van der Waals surface area contributed by atoms with Crippen molar-refractivity contribution in [1.29, 1.82) is 5.26 Å². The van der Waals surface area contributed by atoms with E-state index in [0.717, 1.165) is 6.42 Å². The van der Waals surface area contributed by atoms with Crippen molar-refractivity contribution in [3.8, 4) is 6.07 Å². The minimum Gasteiger partial charge on any atom is -0.378 e. The first kappa shape index (κ1) is 15.4. The lowest BCUT2D eigenvalue weighted by atomic mass is 10.1. The maximum Gasteiger partial charge on any atom is 0.167 e. The first-order chi connectivity index (χ1) is 8.41. The number of ether oxygens (including phenoxy) is 4. The first-order valence-electron chi connectivity index (χ1n) is 6.34. The predicted molar refractivity (Wildman–Crippen MR) is 66.0 cm³/mol. The second-order valence-electron chi connectivity index (χ2n) is 5.14. The highest BCUT2D eigenvalue weighted by molar-refractivity contribution is 4.85. The van der Waals surface area contributed by atoms with Crippen LogP contribution in [-0.4, -0.2) is 43.9 Å².